The van der Waals surface area contributed by atoms with Crippen molar-refractivity contribution in [2.45, 2.75) is 19.4 Å². The Morgan fingerprint density at radius 3 is 2.57 bits per heavy atom. The van der Waals surface area contributed by atoms with Gasteiger partial charge in [-0.2, -0.15) is 0 Å². The molecule has 0 N–H and O–H groups in total. The van der Waals surface area contributed by atoms with Crippen molar-refractivity contribution in [2.75, 3.05) is 6.61 Å². The summed E-state index contributed by atoms with van der Waals surface area (Å²) in [6.07, 6.45) is 0. The van der Waals surface area contributed by atoms with Crippen LogP contribution in [0.3, 0.4) is 0 Å². The Labute approximate surface area is 143 Å². The summed E-state index contributed by atoms with van der Waals surface area (Å²) in [4.78, 5) is 0. The van der Waals surface area contributed by atoms with Gasteiger partial charge in [-0.05, 0) is 46.6 Å². The third-order valence-corrected chi connectivity index (χ3v) is 4.12. The summed E-state index contributed by atoms with van der Waals surface area (Å²) < 4.78 is 12.3. The fourth-order valence-corrected chi connectivity index (χ4v) is 2.82. The highest BCUT2D eigenvalue weighted by Crippen LogP contribution is 2.38. The molecule has 0 bridgehead atoms. The first-order valence-electron chi connectivity index (χ1n) is 6.53. The van der Waals surface area contributed by atoms with Crippen LogP contribution in [-0.4, -0.2) is 6.61 Å². The highest BCUT2D eigenvalue weighted by molar-refractivity contribution is 9.10. The maximum absolute atomic E-state index is 6.14. The molecule has 0 amide bonds. The highest BCUT2D eigenvalue weighted by Gasteiger charge is 2.13. The van der Waals surface area contributed by atoms with Gasteiger partial charge in [0.2, 0.25) is 0 Å². The molecule has 0 radical (unpaired) electrons. The smallest absolute Gasteiger partial charge is 0.175 e. The fourth-order valence-electron chi connectivity index (χ4n) is 1.87. The minimum atomic E-state index is 0.374. The fraction of sp³-hybridized carbons (Fsp3) is 0.250. The van der Waals surface area contributed by atoms with Gasteiger partial charge in [0.15, 0.2) is 11.5 Å². The lowest BCUT2D eigenvalue weighted by Gasteiger charge is -2.15. The Hall–Kier alpha value is -0.900. The molecule has 2 rings (SSSR count). The lowest BCUT2D eigenvalue weighted by molar-refractivity contribution is 0.267. The average Bonchev–Trinajstić information content (AvgIpc) is 2.48. The number of rotatable bonds is 6. The van der Waals surface area contributed by atoms with E-state index in [0.717, 1.165) is 15.6 Å². The summed E-state index contributed by atoms with van der Waals surface area (Å²) in [5.74, 6) is 1.75. The first kappa shape index (κ1) is 16.5. The molecule has 0 fully saturated rings. The first-order valence-corrected chi connectivity index (χ1v) is 8.23. The maximum Gasteiger partial charge on any atom is 0.175 e. The van der Waals surface area contributed by atoms with E-state index in [-0.39, 0.29) is 0 Å². The molecule has 0 saturated carbocycles. The molecule has 0 aliphatic carbocycles. The summed E-state index contributed by atoms with van der Waals surface area (Å²) >= 11 is 15.5. The minimum absolute atomic E-state index is 0.374. The molecule has 2 aromatic rings. The Morgan fingerprint density at radius 1 is 1.14 bits per heavy atom. The molecule has 0 aliphatic rings. The summed E-state index contributed by atoms with van der Waals surface area (Å²) in [7, 11) is 0. The molecule has 0 saturated heterocycles. The normalized spacial score (nSPS) is 10.5. The molecule has 0 spiro atoms. The van der Waals surface area contributed by atoms with Crippen molar-refractivity contribution in [3.63, 3.8) is 0 Å². The van der Waals surface area contributed by atoms with Gasteiger partial charge < -0.3 is 9.47 Å². The summed E-state index contributed by atoms with van der Waals surface area (Å²) in [5.41, 5.74) is 1.90. The second-order valence-corrected chi connectivity index (χ2v) is 5.88. The Bertz CT molecular complexity index is 617. The topological polar surface area (TPSA) is 18.5 Å². The van der Waals surface area contributed by atoms with E-state index in [9.17, 15) is 0 Å². The van der Waals surface area contributed by atoms with Crippen molar-refractivity contribution in [2.24, 2.45) is 0 Å². The van der Waals surface area contributed by atoms with E-state index in [1.165, 1.54) is 0 Å². The van der Waals surface area contributed by atoms with E-state index >= 15 is 0 Å². The van der Waals surface area contributed by atoms with Gasteiger partial charge in [-0.1, -0.05) is 29.8 Å². The van der Waals surface area contributed by atoms with Gasteiger partial charge in [-0.15, -0.1) is 11.6 Å². The van der Waals surface area contributed by atoms with Crippen LogP contribution in [0.5, 0.6) is 11.5 Å². The summed E-state index contributed by atoms with van der Waals surface area (Å²) in [5, 5.41) is 0.684. The van der Waals surface area contributed by atoms with Gasteiger partial charge in [0.05, 0.1) is 11.1 Å². The molecule has 0 atom stereocenters. The number of ether oxygens (including phenoxy) is 2. The molecule has 2 nitrogen and oxygen atoms in total. The van der Waals surface area contributed by atoms with Crippen molar-refractivity contribution >= 4 is 39.1 Å². The van der Waals surface area contributed by atoms with Crippen molar-refractivity contribution in [1.29, 1.82) is 0 Å². The van der Waals surface area contributed by atoms with Crippen LogP contribution >= 0.6 is 39.1 Å². The molecular formula is C16H15BrCl2O2. The molecule has 112 valence electrons. The zero-order valence-corrected chi connectivity index (χ0v) is 14.6. The van der Waals surface area contributed by atoms with Gasteiger partial charge >= 0.3 is 0 Å². The Morgan fingerprint density at radius 2 is 1.90 bits per heavy atom. The zero-order chi connectivity index (χ0) is 15.2. The van der Waals surface area contributed by atoms with Gasteiger partial charge in [0, 0.05) is 16.5 Å². The van der Waals surface area contributed by atoms with E-state index in [1.807, 2.05) is 43.3 Å². The lowest BCUT2D eigenvalue weighted by Crippen LogP contribution is -2.01. The zero-order valence-electron chi connectivity index (χ0n) is 11.5. The number of benzene rings is 2. The predicted molar refractivity (Wildman–Crippen MR) is 90.7 cm³/mol. The molecule has 0 heterocycles. The van der Waals surface area contributed by atoms with Gasteiger partial charge in [0.1, 0.15) is 6.61 Å². The second kappa shape index (κ2) is 7.92. The van der Waals surface area contributed by atoms with Gasteiger partial charge in [0.25, 0.3) is 0 Å². The van der Waals surface area contributed by atoms with E-state index in [0.29, 0.717) is 35.6 Å². The third-order valence-electron chi connectivity index (χ3n) is 2.85. The minimum Gasteiger partial charge on any atom is -0.490 e. The van der Waals surface area contributed by atoms with Crippen LogP contribution in [0.2, 0.25) is 5.02 Å². The lowest BCUT2D eigenvalue weighted by atomic mass is 10.2. The SMILES string of the molecule is CCOc1cc(CCl)cc(Br)c1OCc1ccccc1Cl. The van der Waals surface area contributed by atoms with Crippen LogP contribution < -0.4 is 9.47 Å². The number of hydrogen-bond acceptors (Lipinski definition) is 2. The molecule has 2 aromatic carbocycles. The summed E-state index contributed by atoms with van der Waals surface area (Å²) in [6.45, 7) is 2.86. The molecular weight excluding hydrogens is 375 g/mol. The van der Waals surface area contributed by atoms with Crippen molar-refractivity contribution in [1.82, 2.24) is 0 Å². The van der Waals surface area contributed by atoms with Crippen LogP contribution in [0.4, 0.5) is 0 Å². The molecule has 21 heavy (non-hydrogen) atoms. The monoisotopic (exact) mass is 388 g/mol. The Kier molecular flexibility index (Phi) is 6.22. The second-order valence-electron chi connectivity index (χ2n) is 4.35. The van der Waals surface area contributed by atoms with Crippen LogP contribution in [0.15, 0.2) is 40.9 Å². The number of halogens is 3. The standard InChI is InChI=1S/C16H15BrCl2O2/c1-2-20-15-8-11(9-18)7-13(17)16(15)21-10-12-5-3-4-6-14(12)19/h3-8H,2,9-10H2,1H3. The van der Waals surface area contributed by atoms with Crippen LogP contribution in [0, 0.1) is 0 Å². The average molecular weight is 390 g/mol. The van der Waals surface area contributed by atoms with Gasteiger partial charge in [-0.3, -0.25) is 0 Å². The molecule has 5 heteroatoms. The maximum atomic E-state index is 6.14. The number of alkyl halides is 1. The molecule has 0 unspecified atom stereocenters. The van der Waals surface area contributed by atoms with E-state index < -0.39 is 0 Å². The van der Waals surface area contributed by atoms with E-state index in [1.54, 1.807) is 0 Å². The van der Waals surface area contributed by atoms with Crippen LogP contribution in [0.1, 0.15) is 18.1 Å². The molecule has 0 aliphatic heterocycles. The quantitative estimate of drug-likeness (QED) is 0.579. The highest BCUT2D eigenvalue weighted by atomic mass is 79.9. The van der Waals surface area contributed by atoms with E-state index in [2.05, 4.69) is 15.9 Å². The predicted octanol–water partition coefficient (Wildman–Crippen LogP) is 5.82. The molecule has 0 aromatic heterocycles. The summed E-state index contributed by atoms with van der Waals surface area (Å²) in [6, 6.07) is 11.4. The van der Waals surface area contributed by atoms with Crippen molar-refractivity contribution in [3.05, 3.63) is 57.0 Å². The first-order chi connectivity index (χ1) is 10.2. The van der Waals surface area contributed by atoms with Crippen molar-refractivity contribution < 1.29 is 9.47 Å². The van der Waals surface area contributed by atoms with Crippen LogP contribution in [-0.2, 0) is 12.5 Å². The third kappa shape index (κ3) is 4.29. The van der Waals surface area contributed by atoms with Crippen molar-refractivity contribution in [3.8, 4) is 11.5 Å². The Balaban J connectivity index is 2.24. The number of hydrogen-bond donors (Lipinski definition) is 0. The van der Waals surface area contributed by atoms with Crippen LogP contribution in [0.25, 0.3) is 0 Å². The van der Waals surface area contributed by atoms with Gasteiger partial charge in [-0.25, -0.2) is 0 Å². The van der Waals surface area contributed by atoms with E-state index in [4.69, 9.17) is 32.7 Å². The largest absolute Gasteiger partial charge is 0.490 e.